The van der Waals surface area contributed by atoms with Gasteiger partial charge < -0.3 is 9.80 Å². The molecule has 6 aromatic rings. The van der Waals surface area contributed by atoms with Crippen molar-refractivity contribution in [2.24, 2.45) is 5.41 Å². The molecule has 0 spiro atoms. The van der Waals surface area contributed by atoms with E-state index in [0.29, 0.717) is 5.56 Å². The van der Waals surface area contributed by atoms with Crippen LogP contribution in [0.2, 0.25) is 0 Å². The molecule has 0 fully saturated rings. The molecule has 2 nitrogen and oxygen atoms in total. The van der Waals surface area contributed by atoms with Crippen LogP contribution in [0.25, 0.3) is 11.1 Å². The molecule has 0 aromatic heterocycles. The number of aryl methyl sites for hydroxylation is 1. The van der Waals surface area contributed by atoms with Crippen LogP contribution in [-0.2, 0) is 34.5 Å². The zero-order valence-electron chi connectivity index (χ0n) is 42.3. The Morgan fingerprint density at radius 1 is 0.492 bits per heavy atom. The molecular weight excluding hydrogens is 735 g/mol. The molecule has 0 unspecified atom stereocenters. The summed E-state index contributed by atoms with van der Waals surface area (Å²) in [4.78, 5) is 4.84. The fourth-order valence-corrected chi connectivity index (χ4v) is 10.2. The zero-order valence-corrected chi connectivity index (χ0v) is 39.3. The highest BCUT2D eigenvalue weighted by molar-refractivity contribution is 7.00. The molecule has 6 aromatic carbocycles. The Kier molecular flexibility index (Phi) is 8.50. The van der Waals surface area contributed by atoms with Gasteiger partial charge >= 0.3 is 0 Å². The minimum Gasteiger partial charge on any atom is -0.311 e. The third-order valence-electron chi connectivity index (χ3n) is 13.7. The van der Waals surface area contributed by atoms with Crippen LogP contribution in [0.4, 0.5) is 34.1 Å². The second kappa shape index (κ2) is 13.7. The summed E-state index contributed by atoms with van der Waals surface area (Å²) in [6.45, 7) is 29.6. The highest BCUT2D eigenvalue weighted by Gasteiger charge is 2.45. The van der Waals surface area contributed by atoms with Crippen molar-refractivity contribution in [2.75, 3.05) is 9.80 Å². The van der Waals surface area contributed by atoms with E-state index in [4.69, 9.17) is 4.11 Å². The largest absolute Gasteiger partial charge is 0.311 e. The van der Waals surface area contributed by atoms with Crippen LogP contribution in [0.3, 0.4) is 0 Å². The van der Waals surface area contributed by atoms with E-state index in [9.17, 15) is 0 Å². The number of anilines is 6. The molecule has 2 heterocycles. The highest BCUT2D eigenvalue weighted by atomic mass is 15.2. The van der Waals surface area contributed by atoms with E-state index in [-0.39, 0.29) is 33.8 Å². The summed E-state index contributed by atoms with van der Waals surface area (Å²) in [6, 6.07) is 41.0. The topological polar surface area (TPSA) is 6.48 Å². The van der Waals surface area contributed by atoms with E-state index in [0.717, 1.165) is 63.6 Å². The van der Waals surface area contributed by atoms with Gasteiger partial charge in [0.15, 0.2) is 0 Å². The number of rotatable bonds is 3. The molecule has 1 aliphatic carbocycles. The van der Waals surface area contributed by atoms with Crippen LogP contribution in [-0.4, -0.2) is 6.71 Å². The summed E-state index contributed by atoms with van der Waals surface area (Å²) in [5, 5.41) is 0. The molecule has 0 atom stereocenters. The lowest BCUT2D eigenvalue weighted by Crippen LogP contribution is -2.61. The van der Waals surface area contributed by atoms with E-state index >= 15 is 0 Å². The Labute approximate surface area is 372 Å². The third-order valence-corrected chi connectivity index (χ3v) is 13.7. The molecule has 312 valence electrons. The first-order valence-corrected chi connectivity index (χ1v) is 22.6. The summed E-state index contributed by atoms with van der Waals surface area (Å²) in [6.07, 6.45) is 2.01. The lowest BCUT2D eigenvalue weighted by molar-refractivity contribution is 0.392. The zero-order chi connectivity index (χ0) is 46.3. The van der Waals surface area contributed by atoms with Gasteiger partial charge in [0, 0.05) is 38.1 Å². The molecule has 0 amide bonds. The molecule has 0 saturated carbocycles. The van der Waals surface area contributed by atoms with Crippen molar-refractivity contribution >= 4 is 57.2 Å². The lowest BCUT2D eigenvalue weighted by Gasteiger charge is -2.45. The van der Waals surface area contributed by atoms with Crippen molar-refractivity contribution < 1.29 is 4.11 Å². The van der Waals surface area contributed by atoms with Crippen LogP contribution in [0, 0.1) is 12.3 Å². The SMILES string of the molecule is [2H]C([2H])([2H])c1cc2c3c(c1)N(c1ccc(C(C)(C)C)cc1-c1cccc(C(C)(C)C)c1)c1cc4c(cc1B3c1ccc(C(C)(C)C)cc1N2c1cccc(C(C)(C)C)c1)CC(C)(C)C4. The second-order valence-electron chi connectivity index (χ2n) is 23.4. The lowest BCUT2D eigenvalue weighted by atomic mass is 9.33. The van der Waals surface area contributed by atoms with Crippen molar-refractivity contribution in [3.8, 4) is 11.1 Å². The van der Waals surface area contributed by atoms with Crippen LogP contribution in [0.1, 0.15) is 140 Å². The van der Waals surface area contributed by atoms with Gasteiger partial charge in [-0.2, -0.15) is 0 Å². The first-order valence-electron chi connectivity index (χ1n) is 24.1. The van der Waals surface area contributed by atoms with Gasteiger partial charge in [0.05, 0.1) is 5.69 Å². The second-order valence-corrected chi connectivity index (χ2v) is 23.4. The molecule has 0 radical (unpaired) electrons. The van der Waals surface area contributed by atoms with E-state index in [2.05, 4.69) is 204 Å². The summed E-state index contributed by atoms with van der Waals surface area (Å²) in [5.41, 5.74) is 20.1. The fraction of sp³-hybridized carbons (Fsp3) is 0.379. The van der Waals surface area contributed by atoms with Crippen molar-refractivity contribution in [2.45, 2.75) is 138 Å². The van der Waals surface area contributed by atoms with Gasteiger partial charge in [-0.1, -0.05) is 158 Å². The first-order chi connectivity index (χ1) is 29.6. The Balaban J connectivity index is 1.44. The predicted octanol–water partition coefficient (Wildman–Crippen LogP) is 14.1. The number of hydrogen-bond donors (Lipinski definition) is 0. The monoisotopic (exact) mass is 806 g/mol. The average molecular weight is 806 g/mol. The average Bonchev–Trinajstić information content (AvgIpc) is 3.50. The maximum atomic E-state index is 9.09. The summed E-state index contributed by atoms with van der Waals surface area (Å²) >= 11 is 0. The summed E-state index contributed by atoms with van der Waals surface area (Å²) in [7, 11) is 0. The van der Waals surface area contributed by atoms with E-state index in [1.165, 1.54) is 44.3 Å². The van der Waals surface area contributed by atoms with Gasteiger partial charge in [-0.15, -0.1) is 0 Å². The Morgan fingerprint density at radius 3 is 1.67 bits per heavy atom. The van der Waals surface area contributed by atoms with Crippen LogP contribution in [0.15, 0.2) is 109 Å². The molecule has 0 bridgehead atoms. The van der Waals surface area contributed by atoms with E-state index in [1.807, 2.05) is 12.1 Å². The van der Waals surface area contributed by atoms with Gasteiger partial charge in [0.2, 0.25) is 0 Å². The van der Waals surface area contributed by atoms with Crippen molar-refractivity contribution in [1.82, 2.24) is 0 Å². The van der Waals surface area contributed by atoms with Crippen molar-refractivity contribution in [1.29, 1.82) is 0 Å². The first kappa shape index (κ1) is 37.7. The standard InChI is InChI=1S/C58H67BN2/c1-36-26-51-53-52(27-36)61(48-25-23-42(56(8,9)10)32-45(48)37-18-16-19-40(28-37)54(2,3)4)49-30-39-35-58(14,15)34-38(39)29-47(49)59(53)46-24-22-43(57(11,12)13)33-50(46)60(51)44-21-17-20-41(31-44)55(5,6)7/h16-33H,34-35H2,1-15H3/i1D3. The Bertz CT molecular complexity index is 2850. The van der Waals surface area contributed by atoms with Gasteiger partial charge in [-0.05, 0) is 156 Å². The molecule has 0 saturated heterocycles. The van der Waals surface area contributed by atoms with Crippen LogP contribution >= 0.6 is 0 Å². The molecule has 0 N–H and O–H groups in total. The van der Waals surface area contributed by atoms with Gasteiger partial charge in [0.1, 0.15) is 0 Å². The maximum Gasteiger partial charge on any atom is 0.252 e. The highest BCUT2D eigenvalue weighted by Crippen LogP contribution is 2.50. The van der Waals surface area contributed by atoms with Crippen molar-refractivity contribution in [3.05, 3.63) is 148 Å². The molecule has 61 heavy (non-hydrogen) atoms. The van der Waals surface area contributed by atoms with E-state index < -0.39 is 6.85 Å². The van der Waals surface area contributed by atoms with Gasteiger partial charge in [-0.3, -0.25) is 0 Å². The van der Waals surface area contributed by atoms with Crippen LogP contribution < -0.4 is 26.2 Å². The normalized spacial score (nSPS) is 16.6. The van der Waals surface area contributed by atoms with Gasteiger partial charge in [0.25, 0.3) is 6.71 Å². The fourth-order valence-electron chi connectivity index (χ4n) is 10.2. The third kappa shape index (κ3) is 7.15. The van der Waals surface area contributed by atoms with Crippen LogP contribution in [0.5, 0.6) is 0 Å². The molecule has 2 aliphatic heterocycles. The number of benzene rings is 6. The Morgan fingerprint density at radius 2 is 1.03 bits per heavy atom. The minimum atomic E-state index is -2.36. The van der Waals surface area contributed by atoms with E-state index in [1.54, 1.807) is 0 Å². The number of fused-ring (bicyclic) bond motifs is 5. The number of nitrogens with zero attached hydrogens (tertiary/aromatic N) is 2. The smallest absolute Gasteiger partial charge is 0.252 e. The minimum absolute atomic E-state index is 0.0444. The Hall–Kier alpha value is -5.02. The number of hydrogen-bond acceptors (Lipinski definition) is 2. The summed E-state index contributed by atoms with van der Waals surface area (Å²) in [5.74, 6) is 0. The maximum absolute atomic E-state index is 9.09. The predicted molar refractivity (Wildman–Crippen MR) is 267 cm³/mol. The molecule has 3 aliphatic rings. The molecule has 9 rings (SSSR count). The quantitative estimate of drug-likeness (QED) is 0.164. The van der Waals surface area contributed by atoms with Crippen molar-refractivity contribution in [3.63, 3.8) is 0 Å². The molecular formula is C58H67BN2. The summed E-state index contributed by atoms with van der Waals surface area (Å²) < 4.78 is 27.3. The molecule has 3 heteroatoms. The van der Waals surface area contributed by atoms with Gasteiger partial charge in [-0.25, -0.2) is 0 Å².